The quantitative estimate of drug-likeness (QED) is 0.592. The summed E-state index contributed by atoms with van der Waals surface area (Å²) in [5.41, 5.74) is 1.06. The summed E-state index contributed by atoms with van der Waals surface area (Å²) in [5.74, 6) is 1.16. The van der Waals surface area contributed by atoms with Gasteiger partial charge in [-0.1, -0.05) is 12.1 Å². The molecule has 1 aromatic heterocycles. The Kier molecular flexibility index (Phi) is 4.36. The van der Waals surface area contributed by atoms with Gasteiger partial charge in [-0.3, -0.25) is 4.79 Å². The van der Waals surface area contributed by atoms with Crippen LogP contribution in [0, 0.1) is 6.92 Å². The van der Waals surface area contributed by atoms with Crippen LogP contribution in [0.3, 0.4) is 0 Å². The molecule has 100 valence electrons. The predicted octanol–water partition coefficient (Wildman–Crippen LogP) is 2.84. The second-order valence-corrected chi connectivity index (χ2v) is 4.11. The minimum absolute atomic E-state index is 0.107. The summed E-state index contributed by atoms with van der Waals surface area (Å²) >= 11 is 0. The van der Waals surface area contributed by atoms with Gasteiger partial charge in [-0.15, -0.1) is 0 Å². The first-order valence-electron chi connectivity index (χ1n) is 6.03. The van der Waals surface area contributed by atoms with Crippen molar-refractivity contribution in [3.8, 4) is 5.75 Å². The highest BCUT2D eigenvalue weighted by Gasteiger charge is 2.16. The van der Waals surface area contributed by atoms with Gasteiger partial charge in [-0.05, 0) is 25.1 Å². The molecule has 2 rings (SSSR count). The molecule has 0 atom stereocenters. The minimum atomic E-state index is -0.107. The molecule has 4 nitrogen and oxygen atoms in total. The Balaban J connectivity index is 2.21. The Morgan fingerprint density at radius 2 is 2.05 bits per heavy atom. The fraction of sp³-hybridized carbons (Fsp3) is 0.267. The normalized spacial score (nSPS) is 10.4. The molecule has 0 radical (unpaired) electrons. The second-order valence-electron chi connectivity index (χ2n) is 4.11. The Hall–Kier alpha value is -2.07. The van der Waals surface area contributed by atoms with Crippen LogP contribution < -0.4 is 4.74 Å². The van der Waals surface area contributed by atoms with Gasteiger partial charge in [-0.25, -0.2) is 0 Å². The molecule has 4 heteroatoms. The van der Waals surface area contributed by atoms with Gasteiger partial charge in [0.1, 0.15) is 24.4 Å². The van der Waals surface area contributed by atoms with Gasteiger partial charge in [0.05, 0.1) is 17.7 Å². The van der Waals surface area contributed by atoms with E-state index in [4.69, 9.17) is 13.9 Å². The van der Waals surface area contributed by atoms with Crippen LogP contribution in [-0.4, -0.2) is 26.1 Å². The van der Waals surface area contributed by atoms with Crippen molar-refractivity contribution < 1.29 is 18.7 Å². The van der Waals surface area contributed by atoms with E-state index in [1.807, 2.05) is 12.1 Å². The number of benzene rings is 1. The fourth-order valence-electron chi connectivity index (χ4n) is 1.73. The topological polar surface area (TPSA) is 48.7 Å². The SMILES string of the molecule is COCCOc1ccccc1C(=O)c1coc(C)c1. The lowest BCUT2D eigenvalue weighted by atomic mass is 10.0. The molecule has 0 aliphatic carbocycles. The van der Waals surface area contributed by atoms with Crippen molar-refractivity contribution in [3.05, 3.63) is 53.5 Å². The van der Waals surface area contributed by atoms with E-state index >= 15 is 0 Å². The van der Waals surface area contributed by atoms with Gasteiger partial charge >= 0.3 is 0 Å². The molecule has 0 amide bonds. The van der Waals surface area contributed by atoms with E-state index in [2.05, 4.69) is 0 Å². The third-order valence-electron chi connectivity index (χ3n) is 2.67. The number of methoxy groups -OCH3 is 1. The van der Waals surface area contributed by atoms with Crippen molar-refractivity contribution in [3.63, 3.8) is 0 Å². The van der Waals surface area contributed by atoms with Crippen LogP contribution in [0.4, 0.5) is 0 Å². The van der Waals surface area contributed by atoms with Crippen LogP contribution in [0.1, 0.15) is 21.7 Å². The van der Waals surface area contributed by atoms with Crippen LogP contribution in [0.5, 0.6) is 5.75 Å². The van der Waals surface area contributed by atoms with Crippen molar-refractivity contribution >= 4 is 5.78 Å². The zero-order valence-electron chi connectivity index (χ0n) is 11.0. The van der Waals surface area contributed by atoms with Crippen molar-refractivity contribution in [1.29, 1.82) is 0 Å². The summed E-state index contributed by atoms with van der Waals surface area (Å²) in [6, 6.07) is 8.87. The number of rotatable bonds is 6. The van der Waals surface area contributed by atoms with Crippen molar-refractivity contribution in [2.24, 2.45) is 0 Å². The number of carbonyl (C=O) groups excluding carboxylic acids is 1. The summed E-state index contributed by atoms with van der Waals surface area (Å²) in [7, 11) is 1.61. The van der Waals surface area contributed by atoms with Crippen LogP contribution in [0.15, 0.2) is 41.0 Å². The maximum Gasteiger partial charge on any atom is 0.199 e. The fourth-order valence-corrected chi connectivity index (χ4v) is 1.73. The highest BCUT2D eigenvalue weighted by molar-refractivity contribution is 6.10. The van der Waals surface area contributed by atoms with Crippen LogP contribution in [0.2, 0.25) is 0 Å². The van der Waals surface area contributed by atoms with Crippen LogP contribution in [-0.2, 0) is 4.74 Å². The van der Waals surface area contributed by atoms with E-state index in [0.717, 1.165) is 0 Å². The number of hydrogen-bond donors (Lipinski definition) is 0. The average molecular weight is 260 g/mol. The highest BCUT2D eigenvalue weighted by atomic mass is 16.5. The van der Waals surface area contributed by atoms with E-state index in [9.17, 15) is 4.79 Å². The Morgan fingerprint density at radius 1 is 1.26 bits per heavy atom. The monoisotopic (exact) mass is 260 g/mol. The summed E-state index contributed by atoms with van der Waals surface area (Å²) in [5, 5.41) is 0. The minimum Gasteiger partial charge on any atom is -0.490 e. The molecule has 0 spiro atoms. The molecule has 2 aromatic rings. The number of hydrogen-bond acceptors (Lipinski definition) is 4. The maximum absolute atomic E-state index is 12.3. The first kappa shape index (κ1) is 13.4. The zero-order valence-corrected chi connectivity index (χ0v) is 11.0. The number of para-hydroxylation sites is 1. The number of ether oxygens (including phenoxy) is 2. The van der Waals surface area contributed by atoms with E-state index in [-0.39, 0.29) is 5.78 Å². The smallest absolute Gasteiger partial charge is 0.199 e. The summed E-state index contributed by atoms with van der Waals surface area (Å²) < 4.78 is 15.6. The van der Waals surface area contributed by atoms with E-state index in [1.54, 1.807) is 32.2 Å². The largest absolute Gasteiger partial charge is 0.490 e. The molecule has 0 saturated heterocycles. The predicted molar refractivity (Wildman–Crippen MR) is 70.7 cm³/mol. The van der Waals surface area contributed by atoms with Crippen molar-refractivity contribution in [2.45, 2.75) is 6.92 Å². The Bertz CT molecular complexity index is 557. The molecular weight excluding hydrogens is 244 g/mol. The van der Waals surface area contributed by atoms with Crippen molar-refractivity contribution in [1.82, 2.24) is 0 Å². The molecule has 0 N–H and O–H groups in total. The molecular formula is C15H16O4. The van der Waals surface area contributed by atoms with E-state index in [1.165, 1.54) is 6.26 Å². The van der Waals surface area contributed by atoms with Gasteiger partial charge in [0.15, 0.2) is 5.78 Å². The van der Waals surface area contributed by atoms with Gasteiger partial charge < -0.3 is 13.9 Å². The average Bonchev–Trinajstić information content (AvgIpc) is 2.85. The molecule has 0 aliphatic rings. The molecule has 0 fully saturated rings. The molecule has 0 unspecified atom stereocenters. The number of carbonyl (C=O) groups is 1. The highest BCUT2D eigenvalue weighted by Crippen LogP contribution is 2.22. The first-order chi connectivity index (χ1) is 9.22. The third-order valence-corrected chi connectivity index (χ3v) is 2.67. The third kappa shape index (κ3) is 3.23. The molecule has 0 saturated carbocycles. The molecule has 1 heterocycles. The van der Waals surface area contributed by atoms with Crippen LogP contribution in [0.25, 0.3) is 0 Å². The number of ketones is 1. The van der Waals surface area contributed by atoms with E-state index < -0.39 is 0 Å². The van der Waals surface area contributed by atoms with Gasteiger partial charge in [0.2, 0.25) is 0 Å². The maximum atomic E-state index is 12.3. The zero-order chi connectivity index (χ0) is 13.7. The lowest BCUT2D eigenvalue weighted by Crippen LogP contribution is -2.08. The number of aryl methyl sites for hydroxylation is 1. The summed E-state index contributed by atoms with van der Waals surface area (Å²) in [6.45, 7) is 2.69. The summed E-state index contributed by atoms with van der Waals surface area (Å²) in [6.07, 6.45) is 1.46. The lowest BCUT2D eigenvalue weighted by molar-refractivity contribution is 0.103. The molecule has 0 aliphatic heterocycles. The lowest BCUT2D eigenvalue weighted by Gasteiger charge is -2.09. The van der Waals surface area contributed by atoms with Gasteiger partial charge in [-0.2, -0.15) is 0 Å². The Labute approximate surface area is 111 Å². The van der Waals surface area contributed by atoms with Gasteiger partial charge in [0, 0.05) is 7.11 Å². The summed E-state index contributed by atoms with van der Waals surface area (Å²) in [4.78, 5) is 12.3. The Morgan fingerprint density at radius 3 is 2.74 bits per heavy atom. The van der Waals surface area contributed by atoms with E-state index in [0.29, 0.717) is 35.9 Å². The first-order valence-corrected chi connectivity index (χ1v) is 6.03. The molecule has 19 heavy (non-hydrogen) atoms. The molecule has 1 aromatic carbocycles. The number of furan rings is 1. The van der Waals surface area contributed by atoms with Crippen LogP contribution >= 0.6 is 0 Å². The second kappa shape index (κ2) is 6.20. The van der Waals surface area contributed by atoms with Gasteiger partial charge in [0.25, 0.3) is 0 Å². The van der Waals surface area contributed by atoms with Crippen molar-refractivity contribution in [2.75, 3.05) is 20.3 Å². The standard InChI is InChI=1S/C15H16O4/c1-11-9-12(10-19-11)15(16)13-5-3-4-6-14(13)18-8-7-17-2/h3-6,9-10H,7-8H2,1-2H3. The molecule has 0 bridgehead atoms.